The molecule has 0 saturated heterocycles. The number of hydrogen-bond donors (Lipinski definition) is 1. The van der Waals surface area contributed by atoms with Crippen molar-refractivity contribution in [2.45, 2.75) is 44.4 Å². The van der Waals surface area contributed by atoms with Crippen LogP contribution in [0, 0.1) is 0 Å². The normalized spacial score (nSPS) is 16.9. The first kappa shape index (κ1) is 11.4. The van der Waals surface area contributed by atoms with E-state index in [1.54, 1.807) is 6.20 Å². The molecule has 1 aliphatic rings. The van der Waals surface area contributed by atoms with Crippen molar-refractivity contribution < 1.29 is 0 Å². The molecule has 1 fully saturated rings. The van der Waals surface area contributed by atoms with Crippen LogP contribution in [0.25, 0.3) is 0 Å². The van der Waals surface area contributed by atoms with Gasteiger partial charge in [-0.05, 0) is 24.5 Å². The SMILES string of the molecule is c1cncc(Cc2nc(C3CCCCC3)n[nH]2)c1. The molecule has 3 rings (SSSR count). The first-order valence-corrected chi connectivity index (χ1v) is 6.72. The summed E-state index contributed by atoms with van der Waals surface area (Å²) in [6, 6.07) is 4.02. The van der Waals surface area contributed by atoms with E-state index in [-0.39, 0.29) is 0 Å². The van der Waals surface area contributed by atoms with Crippen LogP contribution in [0.15, 0.2) is 24.5 Å². The highest BCUT2D eigenvalue weighted by Crippen LogP contribution is 2.30. The molecule has 0 aliphatic heterocycles. The molecule has 18 heavy (non-hydrogen) atoms. The first-order chi connectivity index (χ1) is 8.92. The van der Waals surface area contributed by atoms with Crippen molar-refractivity contribution in [3.8, 4) is 0 Å². The number of aromatic amines is 1. The molecule has 2 aromatic rings. The summed E-state index contributed by atoms with van der Waals surface area (Å²) >= 11 is 0. The second kappa shape index (κ2) is 5.29. The third kappa shape index (κ3) is 2.58. The third-order valence-electron chi connectivity index (χ3n) is 3.61. The predicted molar refractivity (Wildman–Crippen MR) is 69.3 cm³/mol. The van der Waals surface area contributed by atoms with Crippen LogP contribution in [0.3, 0.4) is 0 Å². The van der Waals surface area contributed by atoms with Gasteiger partial charge in [-0.2, -0.15) is 5.10 Å². The lowest BCUT2D eigenvalue weighted by Crippen LogP contribution is -2.06. The molecule has 4 nitrogen and oxygen atoms in total. The molecule has 2 heterocycles. The number of nitrogens with zero attached hydrogens (tertiary/aromatic N) is 3. The first-order valence-electron chi connectivity index (χ1n) is 6.72. The average Bonchev–Trinajstić information content (AvgIpc) is 2.89. The fourth-order valence-corrected chi connectivity index (χ4v) is 2.63. The van der Waals surface area contributed by atoms with Crippen molar-refractivity contribution in [3.63, 3.8) is 0 Å². The van der Waals surface area contributed by atoms with Crippen molar-refractivity contribution in [2.75, 3.05) is 0 Å². The van der Waals surface area contributed by atoms with E-state index < -0.39 is 0 Å². The maximum Gasteiger partial charge on any atom is 0.153 e. The molecule has 0 unspecified atom stereocenters. The van der Waals surface area contributed by atoms with Gasteiger partial charge in [0.15, 0.2) is 5.82 Å². The van der Waals surface area contributed by atoms with Gasteiger partial charge in [0, 0.05) is 24.7 Å². The van der Waals surface area contributed by atoms with Crippen LogP contribution in [-0.2, 0) is 6.42 Å². The fraction of sp³-hybridized carbons (Fsp3) is 0.500. The Labute approximate surface area is 107 Å². The van der Waals surface area contributed by atoms with E-state index in [0.29, 0.717) is 5.92 Å². The highest BCUT2D eigenvalue weighted by molar-refractivity contribution is 5.14. The van der Waals surface area contributed by atoms with E-state index in [1.165, 1.54) is 37.7 Å². The van der Waals surface area contributed by atoms with Crippen LogP contribution in [0.2, 0.25) is 0 Å². The van der Waals surface area contributed by atoms with Crippen LogP contribution in [-0.4, -0.2) is 20.2 Å². The number of H-pyrrole nitrogens is 1. The van der Waals surface area contributed by atoms with Gasteiger partial charge in [0.2, 0.25) is 0 Å². The van der Waals surface area contributed by atoms with Crippen LogP contribution in [0.4, 0.5) is 0 Å². The summed E-state index contributed by atoms with van der Waals surface area (Å²) in [7, 11) is 0. The van der Waals surface area contributed by atoms with Crippen LogP contribution < -0.4 is 0 Å². The van der Waals surface area contributed by atoms with Gasteiger partial charge in [0.05, 0.1) is 0 Å². The summed E-state index contributed by atoms with van der Waals surface area (Å²) in [5, 5.41) is 7.44. The Bertz CT molecular complexity index is 486. The molecule has 2 aromatic heterocycles. The van der Waals surface area contributed by atoms with Crippen molar-refractivity contribution >= 4 is 0 Å². The van der Waals surface area contributed by atoms with Gasteiger partial charge in [0.1, 0.15) is 5.82 Å². The lowest BCUT2D eigenvalue weighted by Gasteiger charge is -2.17. The average molecular weight is 242 g/mol. The Morgan fingerprint density at radius 1 is 1.22 bits per heavy atom. The smallest absolute Gasteiger partial charge is 0.153 e. The zero-order chi connectivity index (χ0) is 12.2. The van der Waals surface area contributed by atoms with Gasteiger partial charge < -0.3 is 0 Å². The van der Waals surface area contributed by atoms with Gasteiger partial charge in [-0.15, -0.1) is 0 Å². The topological polar surface area (TPSA) is 54.5 Å². The highest BCUT2D eigenvalue weighted by atomic mass is 15.2. The second-order valence-electron chi connectivity index (χ2n) is 5.01. The van der Waals surface area contributed by atoms with Gasteiger partial charge in [-0.3, -0.25) is 10.1 Å². The lowest BCUT2D eigenvalue weighted by molar-refractivity contribution is 0.429. The Morgan fingerprint density at radius 3 is 2.89 bits per heavy atom. The Hall–Kier alpha value is -1.71. The summed E-state index contributed by atoms with van der Waals surface area (Å²) < 4.78 is 0. The number of aromatic nitrogens is 4. The Morgan fingerprint density at radius 2 is 2.11 bits per heavy atom. The second-order valence-corrected chi connectivity index (χ2v) is 5.01. The molecular weight excluding hydrogens is 224 g/mol. The summed E-state index contributed by atoms with van der Waals surface area (Å²) in [6.07, 6.45) is 10.9. The summed E-state index contributed by atoms with van der Waals surface area (Å²) in [5.74, 6) is 2.52. The van der Waals surface area contributed by atoms with E-state index in [1.807, 2.05) is 12.3 Å². The zero-order valence-electron chi connectivity index (χ0n) is 10.5. The fourth-order valence-electron chi connectivity index (χ4n) is 2.63. The Kier molecular flexibility index (Phi) is 3.35. The molecule has 0 atom stereocenters. The monoisotopic (exact) mass is 242 g/mol. The van der Waals surface area contributed by atoms with Gasteiger partial charge in [0.25, 0.3) is 0 Å². The molecule has 0 amide bonds. The number of pyridine rings is 1. The summed E-state index contributed by atoms with van der Waals surface area (Å²) in [6.45, 7) is 0. The maximum atomic E-state index is 4.63. The molecule has 1 aliphatic carbocycles. The number of hydrogen-bond acceptors (Lipinski definition) is 3. The van der Waals surface area contributed by atoms with Gasteiger partial charge in [-0.1, -0.05) is 25.3 Å². The van der Waals surface area contributed by atoms with Crippen LogP contribution in [0.1, 0.15) is 55.2 Å². The molecule has 1 N–H and O–H groups in total. The molecular formula is C14H18N4. The van der Waals surface area contributed by atoms with Crippen molar-refractivity contribution in [3.05, 3.63) is 41.7 Å². The molecule has 4 heteroatoms. The van der Waals surface area contributed by atoms with E-state index in [0.717, 1.165) is 18.1 Å². The molecule has 0 bridgehead atoms. The minimum absolute atomic E-state index is 0.567. The minimum Gasteiger partial charge on any atom is -0.264 e. The highest BCUT2D eigenvalue weighted by Gasteiger charge is 2.19. The quantitative estimate of drug-likeness (QED) is 0.900. The molecule has 0 radical (unpaired) electrons. The van der Waals surface area contributed by atoms with E-state index in [4.69, 9.17) is 0 Å². The number of nitrogens with one attached hydrogen (secondary N) is 1. The van der Waals surface area contributed by atoms with Crippen molar-refractivity contribution in [1.29, 1.82) is 0 Å². The Balaban J connectivity index is 1.69. The lowest BCUT2D eigenvalue weighted by atomic mass is 9.89. The standard InChI is InChI=1S/C14H18N4/c1-2-6-12(7-3-1)14-16-13(17-18-14)9-11-5-4-8-15-10-11/h4-5,8,10,12H,1-3,6-7,9H2,(H,16,17,18). The molecule has 94 valence electrons. The van der Waals surface area contributed by atoms with E-state index >= 15 is 0 Å². The number of rotatable bonds is 3. The van der Waals surface area contributed by atoms with Crippen molar-refractivity contribution in [1.82, 2.24) is 20.2 Å². The van der Waals surface area contributed by atoms with Gasteiger partial charge in [-0.25, -0.2) is 4.98 Å². The minimum atomic E-state index is 0.567. The third-order valence-corrected chi connectivity index (χ3v) is 3.61. The molecule has 0 aromatic carbocycles. The summed E-state index contributed by atoms with van der Waals surface area (Å²) in [5.41, 5.74) is 1.17. The summed E-state index contributed by atoms with van der Waals surface area (Å²) in [4.78, 5) is 8.75. The van der Waals surface area contributed by atoms with Crippen LogP contribution in [0.5, 0.6) is 0 Å². The zero-order valence-corrected chi connectivity index (χ0v) is 10.5. The van der Waals surface area contributed by atoms with E-state index in [9.17, 15) is 0 Å². The van der Waals surface area contributed by atoms with Crippen LogP contribution >= 0.6 is 0 Å². The molecule has 0 spiro atoms. The van der Waals surface area contributed by atoms with Crippen molar-refractivity contribution in [2.24, 2.45) is 0 Å². The molecule has 1 saturated carbocycles. The van der Waals surface area contributed by atoms with E-state index in [2.05, 4.69) is 26.2 Å². The maximum absolute atomic E-state index is 4.63. The largest absolute Gasteiger partial charge is 0.264 e. The predicted octanol–water partition coefficient (Wildman–Crippen LogP) is 2.84. The van der Waals surface area contributed by atoms with Gasteiger partial charge >= 0.3 is 0 Å².